The topological polar surface area (TPSA) is 18.5 Å². The fourth-order valence-electron chi connectivity index (χ4n) is 5.40. The molecule has 1 aliphatic heterocycles. The van der Waals surface area contributed by atoms with Crippen LogP contribution in [0, 0.1) is 23.6 Å². The summed E-state index contributed by atoms with van der Waals surface area (Å²) < 4.78 is 48.0. The van der Waals surface area contributed by atoms with Gasteiger partial charge in [0, 0.05) is 7.11 Å². The Hall–Kier alpha value is -1.01. The summed E-state index contributed by atoms with van der Waals surface area (Å²) >= 11 is 0. The molecule has 1 aliphatic carbocycles. The lowest BCUT2D eigenvalue weighted by molar-refractivity contribution is -0.0522. The lowest BCUT2D eigenvalue weighted by atomic mass is 9.73. The number of hydrogen-bond acceptors (Lipinski definition) is 2. The Morgan fingerprint density at radius 2 is 1.69 bits per heavy atom. The Morgan fingerprint density at radius 1 is 1.00 bits per heavy atom. The van der Waals surface area contributed by atoms with Gasteiger partial charge in [-0.15, -0.1) is 0 Å². The number of ether oxygens (including phenoxy) is 1. The maximum Gasteiger partial charge on any atom is 0.387 e. The van der Waals surface area contributed by atoms with E-state index in [1.54, 1.807) is 6.07 Å². The van der Waals surface area contributed by atoms with E-state index in [4.69, 9.17) is 4.43 Å². The van der Waals surface area contributed by atoms with Gasteiger partial charge in [0.05, 0.1) is 0 Å². The van der Waals surface area contributed by atoms with Gasteiger partial charge in [0.2, 0.25) is 0 Å². The maximum absolute atomic E-state index is 13.8. The van der Waals surface area contributed by atoms with E-state index in [1.165, 1.54) is 69.2 Å². The summed E-state index contributed by atoms with van der Waals surface area (Å²) in [6, 6.07) is 7.06. The second-order valence-corrected chi connectivity index (χ2v) is 11.8. The minimum Gasteiger partial charge on any atom is -0.432 e. The lowest BCUT2D eigenvalue weighted by Gasteiger charge is -2.37. The number of benzene rings is 1. The van der Waals surface area contributed by atoms with Crippen molar-refractivity contribution in [2.24, 2.45) is 17.8 Å². The highest BCUT2D eigenvalue weighted by atomic mass is 28.3. The molecule has 0 atom stereocenters. The molecular formula is C23H35F3O2Si. The molecular weight excluding hydrogens is 393 g/mol. The first kappa shape index (κ1) is 22.7. The van der Waals surface area contributed by atoms with Gasteiger partial charge < -0.3 is 9.16 Å². The highest BCUT2D eigenvalue weighted by molar-refractivity contribution is 6.51. The predicted molar refractivity (Wildman–Crippen MR) is 113 cm³/mol. The molecule has 2 aliphatic rings. The van der Waals surface area contributed by atoms with Crippen molar-refractivity contribution >= 4 is 9.04 Å². The normalized spacial score (nSPS) is 27.9. The average Bonchev–Trinajstić information content (AvgIpc) is 2.73. The molecule has 0 spiro atoms. The Bertz CT molecular complexity index is 612. The number of halogens is 3. The summed E-state index contributed by atoms with van der Waals surface area (Å²) in [5.41, 5.74) is 0.850. The highest BCUT2D eigenvalue weighted by Gasteiger charge is 2.31. The number of aryl methyl sites for hydroxylation is 1. The molecule has 1 aromatic rings. The quantitative estimate of drug-likeness (QED) is 0.321. The molecule has 1 heterocycles. The molecule has 0 radical (unpaired) electrons. The van der Waals surface area contributed by atoms with Crippen molar-refractivity contribution in [2.75, 3.05) is 7.11 Å². The van der Waals surface area contributed by atoms with Crippen LogP contribution in [0.4, 0.5) is 13.2 Å². The second-order valence-electron chi connectivity index (χ2n) is 8.94. The largest absolute Gasteiger partial charge is 0.432 e. The van der Waals surface area contributed by atoms with Crippen LogP contribution in [-0.2, 0) is 10.8 Å². The van der Waals surface area contributed by atoms with Crippen molar-refractivity contribution in [1.82, 2.24) is 0 Å². The van der Waals surface area contributed by atoms with Crippen LogP contribution in [0.25, 0.3) is 0 Å². The van der Waals surface area contributed by atoms with Crippen LogP contribution >= 0.6 is 0 Å². The second kappa shape index (κ2) is 11.4. The first-order chi connectivity index (χ1) is 14.0. The standard InChI is InChI=1S/C23H35F3O2Si/c1-27-29-14-12-20(13-15-29)19-9-6-17(7-10-19)4-2-3-5-18-8-11-22(21(24)16-18)28-23(25)26/h8,11,16-17,19-20,23,29H,2-7,9-10,12-15H2,1H3/t17?,19?,20-,29-. The Kier molecular flexibility index (Phi) is 8.91. The first-order valence-corrected chi connectivity index (χ1v) is 13.4. The van der Waals surface area contributed by atoms with Crippen molar-refractivity contribution in [3.05, 3.63) is 29.6 Å². The van der Waals surface area contributed by atoms with E-state index in [9.17, 15) is 13.2 Å². The van der Waals surface area contributed by atoms with Crippen LogP contribution in [0.1, 0.15) is 63.4 Å². The van der Waals surface area contributed by atoms with Crippen molar-refractivity contribution < 1.29 is 22.3 Å². The van der Waals surface area contributed by atoms with Crippen LogP contribution in [0.3, 0.4) is 0 Å². The summed E-state index contributed by atoms with van der Waals surface area (Å²) in [5, 5.41) is 0. The van der Waals surface area contributed by atoms with Gasteiger partial charge in [-0.3, -0.25) is 0 Å². The van der Waals surface area contributed by atoms with E-state index in [-0.39, 0.29) is 5.75 Å². The third kappa shape index (κ3) is 7.02. The molecule has 2 fully saturated rings. The van der Waals surface area contributed by atoms with E-state index in [1.807, 2.05) is 7.11 Å². The molecule has 164 valence electrons. The molecule has 29 heavy (non-hydrogen) atoms. The van der Waals surface area contributed by atoms with Gasteiger partial charge in [-0.05, 0) is 73.2 Å². The highest BCUT2D eigenvalue weighted by Crippen LogP contribution is 2.41. The first-order valence-electron chi connectivity index (χ1n) is 11.3. The van der Waals surface area contributed by atoms with E-state index in [2.05, 4.69) is 4.74 Å². The van der Waals surface area contributed by atoms with Gasteiger partial charge in [-0.2, -0.15) is 8.78 Å². The molecule has 0 bridgehead atoms. The minimum absolute atomic E-state index is 0.376. The monoisotopic (exact) mass is 428 g/mol. The number of alkyl halides is 2. The molecule has 1 saturated carbocycles. The predicted octanol–water partition coefficient (Wildman–Crippen LogP) is 6.73. The lowest BCUT2D eigenvalue weighted by Crippen LogP contribution is -2.29. The van der Waals surface area contributed by atoms with E-state index in [0.717, 1.165) is 42.6 Å². The molecule has 1 aromatic carbocycles. The van der Waals surface area contributed by atoms with Gasteiger partial charge >= 0.3 is 6.61 Å². The Balaban J connectivity index is 1.31. The van der Waals surface area contributed by atoms with Gasteiger partial charge in [0.25, 0.3) is 0 Å². The number of hydrogen-bond donors (Lipinski definition) is 0. The summed E-state index contributed by atoms with van der Waals surface area (Å²) in [6.45, 7) is -2.99. The van der Waals surface area contributed by atoms with E-state index < -0.39 is 21.5 Å². The summed E-state index contributed by atoms with van der Waals surface area (Å²) in [5.74, 6) is 1.65. The minimum atomic E-state index is -2.99. The molecule has 3 rings (SSSR count). The van der Waals surface area contributed by atoms with E-state index in [0.29, 0.717) is 0 Å². The summed E-state index contributed by atoms with van der Waals surface area (Å²) in [7, 11) is 1.07. The van der Waals surface area contributed by atoms with Crippen LogP contribution in [0.5, 0.6) is 5.75 Å². The fraction of sp³-hybridized carbons (Fsp3) is 0.739. The maximum atomic E-state index is 13.8. The SMILES string of the molecule is CO[Si@H]1CC[C@H](C2CCC(CCCCc3ccc(OC(F)F)c(F)c3)CC2)CC1. The van der Waals surface area contributed by atoms with Crippen LogP contribution in [0.15, 0.2) is 18.2 Å². The van der Waals surface area contributed by atoms with Crippen LogP contribution in [-0.4, -0.2) is 22.8 Å². The molecule has 0 amide bonds. The zero-order valence-electron chi connectivity index (χ0n) is 17.6. The number of rotatable bonds is 9. The smallest absolute Gasteiger partial charge is 0.387 e. The Morgan fingerprint density at radius 3 is 2.31 bits per heavy atom. The van der Waals surface area contributed by atoms with Crippen molar-refractivity contribution in [1.29, 1.82) is 0 Å². The van der Waals surface area contributed by atoms with Gasteiger partial charge in [-0.1, -0.05) is 44.6 Å². The molecule has 0 unspecified atom stereocenters. The molecule has 6 heteroatoms. The fourth-order valence-corrected chi connectivity index (χ4v) is 7.76. The van der Waals surface area contributed by atoms with Gasteiger partial charge in [-0.25, -0.2) is 4.39 Å². The van der Waals surface area contributed by atoms with E-state index >= 15 is 0 Å². The molecule has 0 aromatic heterocycles. The van der Waals surface area contributed by atoms with Gasteiger partial charge in [0.1, 0.15) is 0 Å². The molecule has 0 N–H and O–H groups in total. The molecule has 1 saturated heterocycles. The zero-order valence-corrected chi connectivity index (χ0v) is 18.7. The van der Waals surface area contributed by atoms with Crippen molar-refractivity contribution in [2.45, 2.75) is 82.9 Å². The average molecular weight is 429 g/mol. The third-order valence-corrected chi connectivity index (χ3v) is 9.77. The van der Waals surface area contributed by atoms with Crippen molar-refractivity contribution in [3.63, 3.8) is 0 Å². The summed E-state index contributed by atoms with van der Waals surface area (Å²) in [6.07, 6.45) is 12.5. The number of unbranched alkanes of at least 4 members (excludes halogenated alkanes) is 1. The molecule has 2 nitrogen and oxygen atoms in total. The Labute approximate surface area is 174 Å². The third-order valence-electron chi connectivity index (χ3n) is 7.15. The van der Waals surface area contributed by atoms with Crippen molar-refractivity contribution in [3.8, 4) is 5.75 Å². The van der Waals surface area contributed by atoms with Crippen LogP contribution in [0.2, 0.25) is 12.1 Å². The van der Waals surface area contributed by atoms with Gasteiger partial charge in [0.15, 0.2) is 20.6 Å². The van der Waals surface area contributed by atoms with Crippen LogP contribution < -0.4 is 4.74 Å². The zero-order chi connectivity index (χ0) is 20.6. The summed E-state index contributed by atoms with van der Waals surface area (Å²) in [4.78, 5) is 0.